The van der Waals surface area contributed by atoms with Gasteiger partial charge in [-0.2, -0.15) is 0 Å². The molecule has 0 radical (unpaired) electrons. The Morgan fingerprint density at radius 3 is 1.89 bits per heavy atom. The fourth-order valence-electron chi connectivity index (χ4n) is 3.47. The SMILES string of the molecule is C1CCCCB(N2CCCCCCCN2)CCC1. The van der Waals surface area contributed by atoms with Crippen molar-refractivity contribution >= 4 is 6.85 Å². The maximum absolute atomic E-state index is 3.73. The van der Waals surface area contributed by atoms with Crippen LogP contribution in [0.5, 0.6) is 0 Å². The number of nitrogens with zero attached hydrogens (tertiary/aromatic N) is 1. The quantitative estimate of drug-likeness (QED) is 0.705. The summed E-state index contributed by atoms with van der Waals surface area (Å²) in [6.07, 6.45) is 18.7. The molecule has 2 heterocycles. The van der Waals surface area contributed by atoms with Gasteiger partial charge in [-0.1, -0.05) is 70.4 Å². The first kappa shape index (κ1) is 14.4. The van der Waals surface area contributed by atoms with Crippen molar-refractivity contribution in [3.05, 3.63) is 0 Å². The van der Waals surface area contributed by atoms with E-state index < -0.39 is 0 Å². The molecule has 0 amide bonds. The highest BCUT2D eigenvalue weighted by Crippen LogP contribution is 2.20. The lowest BCUT2D eigenvalue weighted by atomic mass is 9.53. The van der Waals surface area contributed by atoms with E-state index in [4.69, 9.17) is 0 Å². The molecule has 18 heavy (non-hydrogen) atoms. The molecule has 104 valence electrons. The van der Waals surface area contributed by atoms with Crippen molar-refractivity contribution in [1.29, 1.82) is 0 Å². The topological polar surface area (TPSA) is 15.3 Å². The molecule has 0 bridgehead atoms. The van der Waals surface area contributed by atoms with Crippen molar-refractivity contribution in [3.8, 4) is 0 Å². The van der Waals surface area contributed by atoms with E-state index in [1.165, 1.54) is 96.4 Å². The van der Waals surface area contributed by atoms with Crippen molar-refractivity contribution in [1.82, 2.24) is 10.3 Å². The Morgan fingerprint density at radius 1 is 0.611 bits per heavy atom. The van der Waals surface area contributed by atoms with Crippen molar-refractivity contribution in [2.75, 3.05) is 13.1 Å². The molecule has 3 heteroatoms. The maximum atomic E-state index is 3.73. The monoisotopic (exact) mass is 250 g/mol. The van der Waals surface area contributed by atoms with Gasteiger partial charge >= 0.3 is 0 Å². The summed E-state index contributed by atoms with van der Waals surface area (Å²) in [6, 6.07) is 0. The average molecular weight is 250 g/mol. The summed E-state index contributed by atoms with van der Waals surface area (Å²) in [7, 11) is 0. The van der Waals surface area contributed by atoms with Gasteiger partial charge in [0.25, 0.3) is 0 Å². The number of hydrogen-bond acceptors (Lipinski definition) is 2. The van der Waals surface area contributed by atoms with Gasteiger partial charge in [-0.3, -0.25) is 10.3 Å². The van der Waals surface area contributed by atoms with Crippen LogP contribution < -0.4 is 5.43 Å². The molecule has 2 aliphatic rings. The molecule has 2 aliphatic heterocycles. The van der Waals surface area contributed by atoms with Gasteiger partial charge in [0.2, 0.25) is 6.85 Å². The smallest absolute Gasteiger partial charge is 0.241 e. The lowest BCUT2D eigenvalue weighted by Crippen LogP contribution is -2.49. The first-order valence-electron chi connectivity index (χ1n) is 8.47. The zero-order valence-electron chi connectivity index (χ0n) is 12.1. The molecule has 2 nitrogen and oxygen atoms in total. The van der Waals surface area contributed by atoms with E-state index in [0.717, 1.165) is 6.85 Å². The molecule has 0 aromatic heterocycles. The van der Waals surface area contributed by atoms with Crippen LogP contribution in [0.3, 0.4) is 0 Å². The second kappa shape index (κ2) is 8.98. The molecule has 0 saturated carbocycles. The summed E-state index contributed by atoms with van der Waals surface area (Å²) < 4.78 is 0. The average Bonchev–Trinajstić information content (AvgIpc) is 2.61. The van der Waals surface area contributed by atoms with E-state index in [1.807, 2.05) is 0 Å². The van der Waals surface area contributed by atoms with E-state index in [-0.39, 0.29) is 0 Å². The predicted molar refractivity (Wildman–Crippen MR) is 80.9 cm³/mol. The summed E-state index contributed by atoms with van der Waals surface area (Å²) in [5.74, 6) is 0. The molecule has 2 fully saturated rings. The Morgan fingerprint density at radius 2 is 1.17 bits per heavy atom. The van der Waals surface area contributed by atoms with E-state index in [0.29, 0.717) is 0 Å². The molecular weight excluding hydrogens is 219 g/mol. The second-order valence-electron chi connectivity index (χ2n) is 6.22. The predicted octanol–water partition coefficient (Wildman–Crippen LogP) is 4.10. The van der Waals surface area contributed by atoms with Crippen LogP contribution in [0.1, 0.15) is 70.6 Å². The molecule has 0 atom stereocenters. The summed E-state index contributed by atoms with van der Waals surface area (Å²) in [5.41, 5.74) is 3.73. The van der Waals surface area contributed by atoms with Crippen LogP contribution in [0, 0.1) is 0 Å². The third-order valence-corrected chi connectivity index (χ3v) is 4.66. The summed E-state index contributed by atoms with van der Waals surface area (Å²) in [4.78, 5) is 2.62. The molecule has 2 rings (SSSR count). The van der Waals surface area contributed by atoms with Crippen LogP contribution in [0.15, 0.2) is 0 Å². The van der Waals surface area contributed by atoms with Crippen LogP contribution in [0.2, 0.25) is 12.6 Å². The zero-order chi connectivity index (χ0) is 12.5. The van der Waals surface area contributed by atoms with E-state index in [1.54, 1.807) is 0 Å². The fourth-order valence-corrected chi connectivity index (χ4v) is 3.47. The van der Waals surface area contributed by atoms with E-state index in [9.17, 15) is 0 Å². The van der Waals surface area contributed by atoms with Gasteiger partial charge in [-0.15, -0.1) is 0 Å². The van der Waals surface area contributed by atoms with Crippen LogP contribution in [0.4, 0.5) is 0 Å². The van der Waals surface area contributed by atoms with Gasteiger partial charge < -0.3 is 0 Å². The first-order valence-corrected chi connectivity index (χ1v) is 8.47. The van der Waals surface area contributed by atoms with Gasteiger partial charge in [0.15, 0.2) is 0 Å². The van der Waals surface area contributed by atoms with Crippen molar-refractivity contribution < 1.29 is 0 Å². The van der Waals surface area contributed by atoms with Crippen molar-refractivity contribution in [2.45, 2.75) is 83.3 Å². The first-order chi connectivity index (χ1) is 8.97. The Kier molecular flexibility index (Phi) is 7.18. The largest absolute Gasteiger partial charge is 0.284 e. The van der Waals surface area contributed by atoms with Gasteiger partial charge in [0.05, 0.1) is 0 Å². The Bertz CT molecular complexity index is 169. The standard InChI is InChI=1S/C15H31BN2/c1-2-5-9-13-16(12-8-4-1)18-15-11-7-3-6-10-14-17-18/h17H,1-15H2. The molecule has 0 aliphatic carbocycles. The second-order valence-corrected chi connectivity index (χ2v) is 6.22. The van der Waals surface area contributed by atoms with E-state index in [2.05, 4.69) is 10.3 Å². The van der Waals surface area contributed by atoms with Crippen LogP contribution in [-0.2, 0) is 0 Å². The highest BCUT2D eigenvalue weighted by Gasteiger charge is 2.22. The summed E-state index contributed by atoms with van der Waals surface area (Å²) >= 11 is 0. The fraction of sp³-hybridized carbons (Fsp3) is 1.00. The minimum Gasteiger partial charge on any atom is -0.284 e. The van der Waals surface area contributed by atoms with Gasteiger partial charge in [0.1, 0.15) is 0 Å². The molecule has 0 spiro atoms. The molecule has 0 unspecified atom stereocenters. The molecule has 1 N–H and O–H groups in total. The van der Waals surface area contributed by atoms with Gasteiger partial charge in [-0.25, -0.2) is 0 Å². The minimum atomic E-state index is 0.821. The third kappa shape index (κ3) is 5.32. The summed E-state index contributed by atoms with van der Waals surface area (Å²) in [5, 5.41) is 0. The number of hydrazine groups is 1. The van der Waals surface area contributed by atoms with Crippen LogP contribution >= 0.6 is 0 Å². The van der Waals surface area contributed by atoms with Crippen LogP contribution in [0.25, 0.3) is 0 Å². The molecule has 0 aromatic carbocycles. The highest BCUT2D eigenvalue weighted by molar-refractivity contribution is 6.55. The van der Waals surface area contributed by atoms with Crippen molar-refractivity contribution in [3.63, 3.8) is 0 Å². The number of rotatable bonds is 1. The van der Waals surface area contributed by atoms with Crippen LogP contribution in [-0.4, -0.2) is 24.9 Å². The highest BCUT2D eigenvalue weighted by atomic mass is 15.5. The number of nitrogens with one attached hydrogen (secondary N) is 1. The normalized spacial score (nSPS) is 26.3. The van der Waals surface area contributed by atoms with Gasteiger partial charge in [0, 0.05) is 13.1 Å². The van der Waals surface area contributed by atoms with Gasteiger partial charge in [-0.05, 0) is 12.8 Å². The lowest BCUT2D eigenvalue weighted by molar-refractivity contribution is 0.314. The minimum absolute atomic E-state index is 0.821. The van der Waals surface area contributed by atoms with E-state index >= 15 is 0 Å². The Hall–Kier alpha value is -0.0151. The Balaban J connectivity index is 1.83. The molecule has 2 saturated heterocycles. The Labute approximate surface area is 114 Å². The zero-order valence-corrected chi connectivity index (χ0v) is 12.1. The van der Waals surface area contributed by atoms with Crippen molar-refractivity contribution in [2.24, 2.45) is 0 Å². The summed E-state index contributed by atoms with van der Waals surface area (Å²) in [6.45, 7) is 3.31. The maximum Gasteiger partial charge on any atom is 0.241 e. The number of hydrogen-bond donors (Lipinski definition) is 1. The molecule has 0 aromatic rings. The molecular formula is C15H31BN2. The third-order valence-electron chi connectivity index (χ3n) is 4.66. The lowest BCUT2D eigenvalue weighted by Gasteiger charge is -2.29.